The molecule has 5 nitrogen and oxygen atoms in total. The van der Waals surface area contributed by atoms with E-state index >= 15 is 0 Å². The van der Waals surface area contributed by atoms with Crippen molar-refractivity contribution in [3.63, 3.8) is 0 Å². The van der Waals surface area contributed by atoms with Crippen molar-refractivity contribution in [2.45, 2.75) is 43.6 Å². The smallest absolute Gasteiger partial charge is 0.223 e. The summed E-state index contributed by atoms with van der Waals surface area (Å²) in [5.41, 5.74) is 4.44. The van der Waals surface area contributed by atoms with E-state index in [4.69, 9.17) is 4.74 Å². The Morgan fingerprint density at radius 3 is 2.63 bits per heavy atom. The van der Waals surface area contributed by atoms with Gasteiger partial charge in [-0.3, -0.25) is 14.7 Å². The second-order valence-corrected chi connectivity index (χ2v) is 9.10. The van der Waals surface area contributed by atoms with E-state index in [9.17, 15) is 4.79 Å². The van der Waals surface area contributed by atoms with Crippen LogP contribution in [0.15, 0.2) is 48.8 Å². The molecule has 0 radical (unpaired) electrons. The predicted molar refractivity (Wildman–Crippen MR) is 116 cm³/mol. The van der Waals surface area contributed by atoms with Crippen molar-refractivity contribution < 1.29 is 9.53 Å². The number of morpholine rings is 1. The number of rotatable bonds is 4. The van der Waals surface area contributed by atoms with E-state index in [1.807, 2.05) is 23.4 Å². The summed E-state index contributed by atoms with van der Waals surface area (Å²) < 4.78 is 5.42. The van der Waals surface area contributed by atoms with Crippen molar-refractivity contribution in [2.24, 2.45) is 0 Å². The van der Waals surface area contributed by atoms with Crippen LogP contribution in [0.4, 0.5) is 0 Å². The highest BCUT2D eigenvalue weighted by atomic mass is 16.5. The maximum atomic E-state index is 12.9. The minimum absolute atomic E-state index is 0.234. The van der Waals surface area contributed by atoms with Gasteiger partial charge in [0.25, 0.3) is 0 Å². The molecule has 2 saturated heterocycles. The van der Waals surface area contributed by atoms with Gasteiger partial charge < -0.3 is 9.64 Å². The quantitative estimate of drug-likeness (QED) is 0.783. The molecule has 2 fully saturated rings. The second-order valence-electron chi connectivity index (χ2n) is 9.10. The Kier molecular flexibility index (Phi) is 5.57. The SMILES string of the molecule is O=C(CC1CC2(CCN(Cc3cccnc3)CC2)c2ccccc21)N1CCOCC1. The second kappa shape index (κ2) is 8.48. The van der Waals surface area contributed by atoms with Crippen LogP contribution in [0.5, 0.6) is 0 Å². The van der Waals surface area contributed by atoms with Crippen molar-refractivity contribution in [2.75, 3.05) is 39.4 Å². The van der Waals surface area contributed by atoms with Gasteiger partial charge in [-0.1, -0.05) is 30.3 Å². The Morgan fingerprint density at radius 2 is 1.87 bits per heavy atom. The zero-order valence-electron chi connectivity index (χ0n) is 17.6. The number of benzene rings is 1. The molecule has 0 bridgehead atoms. The molecule has 5 heteroatoms. The van der Waals surface area contributed by atoms with Crippen LogP contribution in [-0.2, 0) is 21.5 Å². The maximum absolute atomic E-state index is 12.9. The number of pyridine rings is 1. The van der Waals surface area contributed by atoms with Gasteiger partial charge in [0, 0.05) is 38.4 Å². The third-order valence-electron chi connectivity index (χ3n) is 7.34. The summed E-state index contributed by atoms with van der Waals surface area (Å²) in [4.78, 5) is 21.7. The third kappa shape index (κ3) is 3.88. The molecular weight excluding hydrogens is 374 g/mol. The Morgan fingerprint density at radius 1 is 1.07 bits per heavy atom. The molecule has 1 unspecified atom stereocenters. The first-order valence-corrected chi connectivity index (χ1v) is 11.3. The Balaban J connectivity index is 1.28. The van der Waals surface area contributed by atoms with Crippen molar-refractivity contribution in [1.29, 1.82) is 0 Å². The monoisotopic (exact) mass is 405 g/mol. The summed E-state index contributed by atoms with van der Waals surface area (Å²) in [6, 6.07) is 13.1. The first-order chi connectivity index (χ1) is 14.7. The molecule has 158 valence electrons. The number of fused-ring (bicyclic) bond motifs is 2. The average Bonchev–Trinajstić information content (AvgIpc) is 3.10. The number of carbonyl (C=O) groups is 1. The Labute approximate surface area is 179 Å². The van der Waals surface area contributed by atoms with Gasteiger partial charge in [0.15, 0.2) is 0 Å². The lowest BCUT2D eigenvalue weighted by Crippen LogP contribution is -2.42. The molecular formula is C25H31N3O2. The third-order valence-corrected chi connectivity index (χ3v) is 7.34. The fraction of sp³-hybridized carbons (Fsp3) is 0.520. The number of hydrogen-bond donors (Lipinski definition) is 0. The van der Waals surface area contributed by atoms with E-state index in [0.29, 0.717) is 31.5 Å². The molecule has 2 aromatic rings. The van der Waals surface area contributed by atoms with Gasteiger partial charge in [-0.2, -0.15) is 0 Å². The van der Waals surface area contributed by atoms with E-state index in [2.05, 4.69) is 40.2 Å². The highest BCUT2D eigenvalue weighted by Gasteiger charge is 2.45. The first-order valence-electron chi connectivity index (χ1n) is 11.3. The fourth-order valence-corrected chi connectivity index (χ4v) is 5.72. The summed E-state index contributed by atoms with van der Waals surface area (Å²) in [5, 5.41) is 0. The minimum atomic E-state index is 0.234. The maximum Gasteiger partial charge on any atom is 0.223 e. The van der Waals surface area contributed by atoms with Crippen LogP contribution >= 0.6 is 0 Å². The lowest BCUT2D eigenvalue weighted by Gasteiger charge is -2.40. The molecule has 1 spiro atoms. The lowest BCUT2D eigenvalue weighted by molar-refractivity contribution is -0.135. The normalized spacial score (nSPS) is 23.5. The number of amides is 1. The highest BCUT2D eigenvalue weighted by molar-refractivity contribution is 5.77. The van der Waals surface area contributed by atoms with E-state index in [0.717, 1.165) is 39.1 Å². The number of nitrogens with zero attached hydrogens (tertiary/aromatic N) is 3. The molecule has 5 rings (SSSR count). The van der Waals surface area contributed by atoms with Crippen LogP contribution in [0.2, 0.25) is 0 Å². The molecule has 1 atom stereocenters. The van der Waals surface area contributed by atoms with E-state index in [-0.39, 0.29) is 5.41 Å². The van der Waals surface area contributed by atoms with Gasteiger partial charge in [-0.15, -0.1) is 0 Å². The molecule has 1 aromatic carbocycles. The molecule has 3 aliphatic rings. The van der Waals surface area contributed by atoms with Gasteiger partial charge in [0.1, 0.15) is 0 Å². The zero-order chi connectivity index (χ0) is 20.4. The number of carbonyl (C=O) groups excluding carboxylic acids is 1. The standard InChI is InChI=1S/C25H31N3O2/c29-24(28-12-14-30-15-13-28)16-21-17-25(23-6-2-1-5-22(21)23)7-10-27(11-8-25)19-20-4-3-9-26-18-20/h1-6,9,18,21H,7-8,10-17,19H2. The zero-order valence-corrected chi connectivity index (χ0v) is 17.6. The van der Waals surface area contributed by atoms with Crippen LogP contribution < -0.4 is 0 Å². The van der Waals surface area contributed by atoms with Crippen LogP contribution in [0.3, 0.4) is 0 Å². The molecule has 1 aliphatic carbocycles. The predicted octanol–water partition coefficient (Wildman–Crippen LogP) is 3.35. The molecule has 0 saturated carbocycles. The van der Waals surface area contributed by atoms with E-state index in [1.165, 1.54) is 29.5 Å². The Bertz CT molecular complexity index is 871. The van der Waals surface area contributed by atoms with Crippen molar-refractivity contribution >= 4 is 5.91 Å². The van der Waals surface area contributed by atoms with Crippen LogP contribution in [0.1, 0.15) is 48.3 Å². The van der Waals surface area contributed by atoms with Gasteiger partial charge in [0.05, 0.1) is 13.2 Å². The number of piperidine rings is 1. The molecule has 30 heavy (non-hydrogen) atoms. The summed E-state index contributed by atoms with van der Waals surface area (Å²) >= 11 is 0. The lowest BCUT2D eigenvalue weighted by atomic mass is 9.73. The Hall–Kier alpha value is -2.24. The first kappa shape index (κ1) is 19.7. The summed E-state index contributed by atoms with van der Waals surface area (Å²) in [6.07, 6.45) is 7.91. The number of hydrogen-bond acceptors (Lipinski definition) is 4. The highest BCUT2D eigenvalue weighted by Crippen LogP contribution is 2.52. The number of ether oxygens (including phenoxy) is 1. The van der Waals surface area contributed by atoms with E-state index < -0.39 is 0 Å². The summed E-state index contributed by atoms with van der Waals surface area (Å²) in [6.45, 7) is 6.00. The van der Waals surface area contributed by atoms with Gasteiger partial charge in [-0.25, -0.2) is 0 Å². The fourth-order valence-electron chi connectivity index (χ4n) is 5.72. The van der Waals surface area contributed by atoms with Crippen molar-refractivity contribution in [1.82, 2.24) is 14.8 Å². The van der Waals surface area contributed by atoms with Crippen molar-refractivity contribution in [3.8, 4) is 0 Å². The minimum Gasteiger partial charge on any atom is -0.378 e. The molecule has 0 N–H and O–H groups in total. The van der Waals surface area contributed by atoms with Gasteiger partial charge in [-0.05, 0) is 66.4 Å². The van der Waals surface area contributed by atoms with Crippen LogP contribution in [0.25, 0.3) is 0 Å². The summed E-state index contributed by atoms with van der Waals surface area (Å²) in [5.74, 6) is 0.644. The van der Waals surface area contributed by atoms with Crippen molar-refractivity contribution in [3.05, 3.63) is 65.5 Å². The topological polar surface area (TPSA) is 45.7 Å². The van der Waals surface area contributed by atoms with Crippen LogP contribution in [0, 0.1) is 0 Å². The molecule has 1 amide bonds. The van der Waals surface area contributed by atoms with Crippen LogP contribution in [-0.4, -0.2) is 60.1 Å². The average molecular weight is 406 g/mol. The summed E-state index contributed by atoms with van der Waals surface area (Å²) in [7, 11) is 0. The van der Waals surface area contributed by atoms with Gasteiger partial charge in [0.2, 0.25) is 5.91 Å². The number of likely N-dealkylation sites (tertiary alicyclic amines) is 1. The van der Waals surface area contributed by atoms with Gasteiger partial charge >= 0.3 is 0 Å². The molecule has 2 aliphatic heterocycles. The number of aromatic nitrogens is 1. The van der Waals surface area contributed by atoms with E-state index in [1.54, 1.807) is 0 Å². The largest absolute Gasteiger partial charge is 0.378 e. The molecule has 3 heterocycles. The molecule has 1 aromatic heterocycles.